The largest absolute Gasteiger partial charge is 0.314 e. The summed E-state index contributed by atoms with van der Waals surface area (Å²) >= 11 is 0. The molecule has 2 rings (SSSR count). The molecule has 1 saturated heterocycles. The zero-order valence-corrected chi connectivity index (χ0v) is 11.8. The number of aryl methyl sites for hydroxylation is 1. The van der Waals surface area contributed by atoms with E-state index in [4.69, 9.17) is 0 Å². The highest BCUT2D eigenvalue weighted by Crippen LogP contribution is 2.21. The quantitative estimate of drug-likeness (QED) is 0.859. The molecule has 1 fully saturated rings. The normalized spacial score (nSPS) is 18.8. The van der Waals surface area contributed by atoms with Gasteiger partial charge >= 0.3 is 0 Å². The van der Waals surface area contributed by atoms with Crippen LogP contribution in [0.15, 0.2) is 24.3 Å². The molecule has 1 heterocycles. The molecule has 0 aliphatic carbocycles. The molecule has 1 aliphatic rings. The van der Waals surface area contributed by atoms with Crippen molar-refractivity contribution in [2.75, 3.05) is 32.7 Å². The smallest absolute Gasteiger partial charge is 0.0107 e. The van der Waals surface area contributed by atoms with Crippen molar-refractivity contribution < 1.29 is 0 Å². The Morgan fingerprint density at radius 1 is 1.17 bits per heavy atom. The molecule has 2 heteroatoms. The van der Waals surface area contributed by atoms with Gasteiger partial charge in [0.25, 0.3) is 0 Å². The predicted octanol–water partition coefficient (Wildman–Crippen LogP) is 2.78. The first-order valence-corrected chi connectivity index (χ1v) is 7.25. The van der Waals surface area contributed by atoms with E-state index in [1.807, 2.05) is 0 Å². The molecule has 1 aromatic rings. The Balaban J connectivity index is 1.70. The zero-order valence-electron chi connectivity index (χ0n) is 11.8. The maximum atomic E-state index is 3.40. The van der Waals surface area contributed by atoms with Crippen LogP contribution in [0.2, 0.25) is 0 Å². The molecule has 1 unspecified atom stereocenters. The van der Waals surface area contributed by atoms with Crippen LogP contribution >= 0.6 is 0 Å². The number of nitrogens with zero attached hydrogens (tertiary/aromatic N) is 1. The molecule has 100 valence electrons. The van der Waals surface area contributed by atoms with E-state index < -0.39 is 0 Å². The van der Waals surface area contributed by atoms with E-state index >= 15 is 0 Å². The minimum absolute atomic E-state index is 0.688. The molecule has 1 N–H and O–H groups in total. The van der Waals surface area contributed by atoms with Crippen LogP contribution in [0.5, 0.6) is 0 Å². The van der Waals surface area contributed by atoms with E-state index in [2.05, 4.69) is 48.3 Å². The Morgan fingerprint density at radius 2 is 1.83 bits per heavy atom. The van der Waals surface area contributed by atoms with Crippen molar-refractivity contribution in [3.8, 4) is 0 Å². The lowest BCUT2D eigenvalue weighted by molar-refractivity contribution is 0.235. The lowest BCUT2D eigenvalue weighted by atomic mass is 9.95. The van der Waals surface area contributed by atoms with Gasteiger partial charge in [0.2, 0.25) is 0 Å². The predicted molar refractivity (Wildman–Crippen MR) is 78.1 cm³/mol. The summed E-state index contributed by atoms with van der Waals surface area (Å²) in [5, 5.41) is 3.40. The summed E-state index contributed by atoms with van der Waals surface area (Å²) in [4.78, 5) is 2.58. The van der Waals surface area contributed by atoms with Crippen molar-refractivity contribution >= 4 is 0 Å². The third-order valence-electron chi connectivity index (χ3n) is 3.97. The maximum absolute atomic E-state index is 3.40. The molecule has 0 spiro atoms. The highest BCUT2D eigenvalue weighted by atomic mass is 15.2. The summed E-state index contributed by atoms with van der Waals surface area (Å²) in [6.45, 7) is 10.5. The van der Waals surface area contributed by atoms with Crippen LogP contribution in [0.4, 0.5) is 0 Å². The van der Waals surface area contributed by atoms with Crippen molar-refractivity contribution in [3.63, 3.8) is 0 Å². The second kappa shape index (κ2) is 6.91. The van der Waals surface area contributed by atoms with Crippen LogP contribution in [0.25, 0.3) is 0 Å². The van der Waals surface area contributed by atoms with Gasteiger partial charge in [-0.05, 0) is 37.8 Å². The molecule has 1 atom stereocenters. The van der Waals surface area contributed by atoms with Crippen molar-refractivity contribution in [3.05, 3.63) is 35.4 Å². The standard InChI is InChI=1S/C16H26N2/c1-14-5-7-16(8-6-14)15(2)4-3-11-18-12-9-17-10-13-18/h5-8,15,17H,3-4,9-13H2,1-2H3. The van der Waals surface area contributed by atoms with Gasteiger partial charge in [-0.2, -0.15) is 0 Å². The third kappa shape index (κ3) is 4.11. The minimum atomic E-state index is 0.688. The van der Waals surface area contributed by atoms with Crippen molar-refractivity contribution in [1.82, 2.24) is 10.2 Å². The second-order valence-electron chi connectivity index (χ2n) is 5.55. The second-order valence-corrected chi connectivity index (χ2v) is 5.55. The molecule has 2 nitrogen and oxygen atoms in total. The van der Waals surface area contributed by atoms with Crippen LogP contribution < -0.4 is 5.32 Å². The zero-order chi connectivity index (χ0) is 12.8. The Morgan fingerprint density at radius 3 is 2.50 bits per heavy atom. The number of piperazine rings is 1. The lowest BCUT2D eigenvalue weighted by Gasteiger charge is -2.27. The Bertz CT molecular complexity index is 339. The van der Waals surface area contributed by atoms with Gasteiger partial charge in [-0.3, -0.25) is 0 Å². The van der Waals surface area contributed by atoms with Crippen LogP contribution in [-0.2, 0) is 0 Å². The fourth-order valence-electron chi connectivity index (χ4n) is 2.62. The number of nitrogens with one attached hydrogen (secondary N) is 1. The summed E-state index contributed by atoms with van der Waals surface area (Å²) in [6, 6.07) is 9.01. The van der Waals surface area contributed by atoms with Crippen molar-refractivity contribution in [2.24, 2.45) is 0 Å². The van der Waals surface area contributed by atoms with Gasteiger partial charge in [-0.15, -0.1) is 0 Å². The number of rotatable bonds is 5. The topological polar surface area (TPSA) is 15.3 Å². The van der Waals surface area contributed by atoms with Gasteiger partial charge in [0.15, 0.2) is 0 Å². The van der Waals surface area contributed by atoms with Gasteiger partial charge < -0.3 is 10.2 Å². The summed E-state index contributed by atoms with van der Waals surface area (Å²) in [6.07, 6.45) is 2.61. The average molecular weight is 246 g/mol. The van der Waals surface area contributed by atoms with E-state index in [0.29, 0.717) is 5.92 Å². The summed E-state index contributed by atoms with van der Waals surface area (Å²) in [5.74, 6) is 0.688. The maximum Gasteiger partial charge on any atom is 0.0107 e. The van der Waals surface area contributed by atoms with Crippen LogP contribution in [0.1, 0.15) is 36.8 Å². The summed E-state index contributed by atoms with van der Waals surface area (Å²) in [5.41, 5.74) is 2.84. The van der Waals surface area contributed by atoms with Crippen molar-refractivity contribution in [1.29, 1.82) is 0 Å². The fraction of sp³-hybridized carbons (Fsp3) is 0.625. The highest BCUT2D eigenvalue weighted by Gasteiger charge is 2.10. The molecule has 0 aromatic heterocycles. The van der Waals surface area contributed by atoms with Crippen LogP contribution in [0.3, 0.4) is 0 Å². The molecule has 0 saturated carbocycles. The molecule has 0 amide bonds. The molecule has 0 bridgehead atoms. The fourth-order valence-corrected chi connectivity index (χ4v) is 2.62. The van der Waals surface area contributed by atoms with E-state index in [-0.39, 0.29) is 0 Å². The number of benzene rings is 1. The van der Waals surface area contributed by atoms with E-state index in [1.165, 1.54) is 43.6 Å². The molecule has 18 heavy (non-hydrogen) atoms. The molecule has 1 aromatic carbocycles. The molecule has 1 aliphatic heterocycles. The van der Waals surface area contributed by atoms with Gasteiger partial charge in [-0.1, -0.05) is 36.8 Å². The van der Waals surface area contributed by atoms with E-state index in [9.17, 15) is 0 Å². The third-order valence-corrected chi connectivity index (χ3v) is 3.97. The lowest BCUT2D eigenvalue weighted by Crippen LogP contribution is -2.43. The monoisotopic (exact) mass is 246 g/mol. The Labute approximate surface area is 111 Å². The van der Waals surface area contributed by atoms with Crippen LogP contribution in [-0.4, -0.2) is 37.6 Å². The first kappa shape index (κ1) is 13.6. The van der Waals surface area contributed by atoms with E-state index in [0.717, 1.165) is 13.1 Å². The van der Waals surface area contributed by atoms with Crippen molar-refractivity contribution in [2.45, 2.75) is 32.6 Å². The summed E-state index contributed by atoms with van der Waals surface area (Å²) < 4.78 is 0. The molecular formula is C16H26N2. The average Bonchev–Trinajstić information content (AvgIpc) is 2.40. The van der Waals surface area contributed by atoms with Crippen LogP contribution in [0, 0.1) is 6.92 Å². The van der Waals surface area contributed by atoms with Gasteiger partial charge in [0.05, 0.1) is 0 Å². The van der Waals surface area contributed by atoms with Gasteiger partial charge in [0.1, 0.15) is 0 Å². The van der Waals surface area contributed by atoms with Gasteiger partial charge in [-0.25, -0.2) is 0 Å². The number of hydrogen-bond donors (Lipinski definition) is 1. The highest BCUT2D eigenvalue weighted by molar-refractivity contribution is 5.23. The van der Waals surface area contributed by atoms with E-state index in [1.54, 1.807) is 0 Å². The van der Waals surface area contributed by atoms with Gasteiger partial charge in [0, 0.05) is 26.2 Å². The Kier molecular flexibility index (Phi) is 5.21. The molecule has 0 radical (unpaired) electrons. The minimum Gasteiger partial charge on any atom is -0.314 e. The molecular weight excluding hydrogens is 220 g/mol. The first-order chi connectivity index (χ1) is 8.75. The first-order valence-electron chi connectivity index (χ1n) is 7.25. The number of hydrogen-bond acceptors (Lipinski definition) is 2. The SMILES string of the molecule is Cc1ccc(C(C)CCCN2CCNCC2)cc1. The summed E-state index contributed by atoms with van der Waals surface area (Å²) in [7, 11) is 0. The Hall–Kier alpha value is -0.860.